The van der Waals surface area contributed by atoms with E-state index in [1.54, 1.807) is 0 Å². The minimum atomic E-state index is -2.01. The van der Waals surface area contributed by atoms with Crippen LogP contribution in [-0.4, -0.2) is 37.5 Å². The zero-order chi connectivity index (χ0) is 15.0. The van der Waals surface area contributed by atoms with E-state index in [-0.39, 0.29) is 12.3 Å². The average molecular weight is 308 g/mol. The first-order valence-electron chi connectivity index (χ1n) is 7.05. The first kappa shape index (κ1) is 17.4. The monoisotopic (exact) mass is 308 g/mol. The van der Waals surface area contributed by atoms with E-state index in [2.05, 4.69) is 4.74 Å². The topological polar surface area (TPSA) is 71.1 Å². The summed E-state index contributed by atoms with van der Waals surface area (Å²) >= 11 is 0. The van der Waals surface area contributed by atoms with E-state index in [1.807, 2.05) is 20.8 Å². The van der Waals surface area contributed by atoms with Crippen molar-refractivity contribution >= 4 is 22.8 Å². The number of cyclic esters (lactones) is 2. The molecule has 20 heavy (non-hydrogen) atoms. The second kappa shape index (κ2) is 8.61. The molecule has 1 aliphatic rings. The molecule has 0 amide bonds. The van der Waals surface area contributed by atoms with Crippen LogP contribution in [-0.2, 0) is 26.9 Å². The summed E-state index contributed by atoms with van der Waals surface area (Å²) in [5, 5.41) is 0. The van der Waals surface area contributed by atoms with Crippen molar-refractivity contribution in [1.29, 1.82) is 0 Å². The molecule has 1 fully saturated rings. The fraction of sp³-hybridized carbons (Fsp3) is 0.846. The van der Waals surface area contributed by atoms with E-state index in [1.165, 1.54) is 0 Å². The Morgan fingerprint density at radius 2 is 1.65 bits per heavy atom. The van der Waals surface area contributed by atoms with Crippen LogP contribution in [0, 0.1) is 5.92 Å². The van der Waals surface area contributed by atoms with Gasteiger partial charge in [-0.3, -0.25) is 22.1 Å². The van der Waals surface area contributed by atoms with Gasteiger partial charge < -0.3 is 4.74 Å². The zero-order valence-corrected chi connectivity index (χ0v) is 13.2. The molecule has 0 bridgehead atoms. The fourth-order valence-corrected chi connectivity index (χ4v) is 4.22. The van der Waals surface area contributed by atoms with Crippen LogP contribution in [0.3, 0.4) is 0 Å². The van der Waals surface area contributed by atoms with Gasteiger partial charge >= 0.3 is 11.9 Å². The van der Waals surface area contributed by atoms with Crippen molar-refractivity contribution in [3.63, 3.8) is 0 Å². The Morgan fingerprint density at radius 1 is 1.10 bits per heavy atom. The van der Waals surface area contributed by atoms with Crippen molar-refractivity contribution in [1.82, 2.24) is 0 Å². The highest BCUT2D eigenvalue weighted by Crippen LogP contribution is 2.52. The van der Waals surface area contributed by atoms with E-state index >= 15 is 0 Å². The predicted octanol–water partition coefficient (Wildman–Crippen LogP) is 2.52. The van der Waals surface area contributed by atoms with Crippen LogP contribution >= 0.6 is 10.9 Å². The van der Waals surface area contributed by atoms with Crippen molar-refractivity contribution in [2.24, 2.45) is 5.92 Å². The summed E-state index contributed by atoms with van der Waals surface area (Å²) in [6.45, 7) is 7.23. The first-order chi connectivity index (χ1) is 9.56. The molecule has 1 saturated heterocycles. The number of rotatable bonds is 10. The van der Waals surface area contributed by atoms with Gasteiger partial charge in [-0.2, -0.15) is 0 Å². The number of carbonyl (C=O) groups excluding carboxylic acids is 2. The molecule has 0 aliphatic carbocycles. The molecule has 0 N–H and O–H groups in total. The van der Waals surface area contributed by atoms with E-state index in [0.29, 0.717) is 38.4 Å². The number of esters is 2. The summed E-state index contributed by atoms with van der Waals surface area (Å²) in [5.74, 6) is -0.581. The largest absolute Gasteiger partial charge is 0.393 e. The summed E-state index contributed by atoms with van der Waals surface area (Å²) in [6.07, 6.45) is 1.47. The summed E-state index contributed by atoms with van der Waals surface area (Å²) in [7, 11) is -2.01. The second-order valence-corrected chi connectivity index (χ2v) is 6.55. The van der Waals surface area contributed by atoms with Gasteiger partial charge in [-0.1, -0.05) is 0 Å². The number of hydrogen-bond acceptors (Lipinski definition) is 6. The second-order valence-electron chi connectivity index (χ2n) is 4.32. The van der Waals surface area contributed by atoms with E-state index < -0.39 is 22.8 Å². The van der Waals surface area contributed by atoms with E-state index in [4.69, 9.17) is 12.5 Å². The molecular formula is C13H24O6S. The van der Waals surface area contributed by atoms with Crippen LogP contribution < -0.4 is 0 Å². The van der Waals surface area contributed by atoms with Gasteiger partial charge in [0.05, 0.1) is 43.0 Å². The molecule has 6 nitrogen and oxygen atoms in total. The molecule has 0 spiro atoms. The number of hydrogen-bond donors (Lipinski definition) is 0. The average Bonchev–Trinajstić information content (AvgIpc) is 2.69. The van der Waals surface area contributed by atoms with Gasteiger partial charge in [-0.05, 0) is 33.6 Å². The lowest BCUT2D eigenvalue weighted by atomic mass is 10.0. The smallest absolute Gasteiger partial charge is 0.317 e. The zero-order valence-electron chi connectivity index (χ0n) is 12.4. The molecule has 0 aromatic heterocycles. The highest BCUT2D eigenvalue weighted by Gasteiger charge is 2.34. The Balaban J connectivity index is 2.48. The molecule has 0 aromatic carbocycles. The molecule has 1 rings (SSSR count). The van der Waals surface area contributed by atoms with Crippen LogP contribution in [0.25, 0.3) is 0 Å². The minimum Gasteiger partial charge on any atom is -0.393 e. The lowest BCUT2D eigenvalue weighted by Gasteiger charge is -2.36. The Bertz CT molecular complexity index is 316. The molecule has 1 aliphatic heterocycles. The van der Waals surface area contributed by atoms with Crippen molar-refractivity contribution in [3.05, 3.63) is 0 Å². The molecule has 7 heteroatoms. The van der Waals surface area contributed by atoms with Gasteiger partial charge in [0.25, 0.3) is 0 Å². The van der Waals surface area contributed by atoms with Crippen molar-refractivity contribution in [2.75, 3.05) is 25.6 Å². The van der Waals surface area contributed by atoms with Gasteiger partial charge in [0.2, 0.25) is 0 Å². The van der Waals surface area contributed by atoms with E-state index in [9.17, 15) is 9.59 Å². The minimum absolute atomic E-state index is 0.180. The maximum atomic E-state index is 11.4. The maximum absolute atomic E-state index is 11.4. The highest BCUT2D eigenvalue weighted by atomic mass is 32.3. The van der Waals surface area contributed by atoms with Gasteiger partial charge in [-0.25, -0.2) is 0 Å². The van der Waals surface area contributed by atoms with Gasteiger partial charge in [0.15, 0.2) is 0 Å². The van der Waals surface area contributed by atoms with Gasteiger partial charge in [0, 0.05) is 5.75 Å². The Labute approximate surface area is 122 Å². The Kier molecular flexibility index (Phi) is 7.50. The van der Waals surface area contributed by atoms with Crippen LogP contribution in [0.2, 0.25) is 0 Å². The van der Waals surface area contributed by atoms with Crippen molar-refractivity contribution in [3.8, 4) is 0 Å². The van der Waals surface area contributed by atoms with Crippen LogP contribution in [0.1, 0.15) is 40.0 Å². The fourth-order valence-electron chi connectivity index (χ4n) is 2.07. The molecule has 0 saturated carbocycles. The Morgan fingerprint density at radius 3 is 2.05 bits per heavy atom. The lowest BCUT2D eigenvalue weighted by molar-refractivity contribution is -0.153. The third-order valence-electron chi connectivity index (χ3n) is 2.80. The standard InChI is InChI=1S/C13H24O6S/c1-4-16-20(17-5-2,18-6-3)9-7-8-11-10-12(14)19-13(11)15/h11H,4-10H2,1-3H3. The van der Waals surface area contributed by atoms with Gasteiger partial charge in [-0.15, -0.1) is 0 Å². The normalized spacial score (nSPS) is 20.2. The van der Waals surface area contributed by atoms with Gasteiger partial charge in [0.1, 0.15) is 0 Å². The molecule has 1 atom stereocenters. The third kappa shape index (κ3) is 5.05. The summed E-state index contributed by atoms with van der Waals surface area (Å²) < 4.78 is 21.6. The van der Waals surface area contributed by atoms with Crippen molar-refractivity contribution < 1.29 is 26.9 Å². The Hall–Kier alpha value is -0.630. The molecule has 118 valence electrons. The van der Waals surface area contributed by atoms with Crippen molar-refractivity contribution in [2.45, 2.75) is 40.0 Å². The van der Waals surface area contributed by atoms with E-state index in [0.717, 1.165) is 0 Å². The number of ether oxygens (including phenoxy) is 1. The summed E-state index contributed by atoms with van der Waals surface area (Å²) in [4.78, 5) is 22.4. The van der Waals surface area contributed by atoms with Crippen LogP contribution in [0.4, 0.5) is 0 Å². The molecule has 1 unspecified atom stereocenters. The molecule has 1 heterocycles. The quantitative estimate of drug-likeness (QED) is 0.456. The predicted molar refractivity (Wildman–Crippen MR) is 75.8 cm³/mol. The van der Waals surface area contributed by atoms with Crippen LogP contribution in [0.5, 0.6) is 0 Å². The highest BCUT2D eigenvalue weighted by molar-refractivity contribution is 8.21. The third-order valence-corrected chi connectivity index (χ3v) is 5.37. The van der Waals surface area contributed by atoms with Crippen LogP contribution in [0.15, 0.2) is 0 Å². The molecule has 0 aromatic rings. The first-order valence-corrected chi connectivity index (χ1v) is 8.63. The molecular weight excluding hydrogens is 284 g/mol. The SMILES string of the molecule is CCOS(CCCC1CC(=O)OC1=O)(OCC)OCC. The lowest BCUT2D eigenvalue weighted by Crippen LogP contribution is -2.17. The summed E-state index contributed by atoms with van der Waals surface area (Å²) in [6, 6.07) is 0. The summed E-state index contributed by atoms with van der Waals surface area (Å²) in [5.41, 5.74) is 0. The molecule has 0 radical (unpaired) electrons. The number of carbonyl (C=O) groups is 2. The maximum Gasteiger partial charge on any atom is 0.317 e.